The number of aromatic nitrogens is 1. The summed E-state index contributed by atoms with van der Waals surface area (Å²) in [7, 11) is 1.51. The lowest BCUT2D eigenvalue weighted by Crippen LogP contribution is -2.46. The minimum atomic E-state index is -1.23. The number of carbonyl (C=O) groups is 1. The maximum atomic E-state index is 14.7. The number of anilines is 1. The number of methoxy groups -OCH3 is 1. The van der Waals surface area contributed by atoms with Gasteiger partial charge in [-0.15, -0.1) is 0 Å². The van der Waals surface area contributed by atoms with Crippen LogP contribution in [0.15, 0.2) is 24.4 Å². The van der Waals surface area contributed by atoms with E-state index in [0.29, 0.717) is 29.2 Å². The number of rotatable bonds is 6. The molecular formula is C22H24FN3O4. The highest BCUT2D eigenvalue weighted by molar-refractivity contribution is 6.35. The zero-order chi connectivity index (χ0) is 21.8. The van der Waals surface area contributed by atoms with Crippen LogP contribution in [0.1, 0.15) is 30.7 Å². The fourth-order valence-corrected chi connectivity index (χ4v) is 3.35. The van der Waals surface area contributed by atoms with E-state index in [9.17, 15) is 19.4 Å². The number of amides is 1. The molecule has 0 aliphatic carbocycles. The zero-order valence-electron chi connectivity index (χ0n) is 16.9. The first-order valence-electron chi connectivity index (χ1n) is 9.55. The molecule has 30 heavy (non-hydrogen) atoms. The van der Waals surface area contributed by atoms with E-state index in [0.717, 1.165) is 0 Å². The minimum absolute atomic E-state index is 0.0116. The largest absolute Gasteiger partial charge is 0.495 e. The molecule has 158 valence electrons. The summed E-state index contributed by atoms with van der Waals surface area (Å²) in [6, 6.07) is 3.69. The van der Waals surface area contributed by atoms with Crippen LogP contribution in [0.3, 0.4) is 0 Å². The first kappa shape index (κ1) is 21.6. The Kier molecular flexibility index (Phi) is 6.57. The second kappa shape index (κ2) is 9.13. The van der Waals surface area contributed by atoms with E-state index in [4.69, 9.17) is 4.74 Å². The van der Waals surface area contributed by atoms with E-state index in [1.807, 2.05) is 6.92 Å². The van der Waals surface area contributed by atoms with Crippen molar-refractivity contribution in [2.45, 2.75) is 32.1 Å². The number of fused-ring (bicyclic) bond motifs is 1. The third kappa shape index (κ3) is 4.24. The number of aromatic amines is 1. The molecule has 3 rings (SSSR count). The second-order valence-electron chi connectivity index (χ2n) is 6.86. The van der Waals surface area contributed by atoms with Crippen molar-refractivity contribution in [3.63, 3.8) is 0 Å². The number of likely N-dealkylation sites (N-methyl/N-ethyl adjacent to an activating group) is 1. The van der Waals surface area contributed by atoms with Crippen molar-refractivity contribution in [1.29, 1.82) is 0 Å². The Hall–Kier alpha value is -3.12. The number of carbonyl (C=O) groups excluding carboxylic acids is 1. The van der Waals surface area contributed by atoms with Crippen LogP contribution >= 0.6 is 0 Å². The van der Waals surface area contributed by atoms with E-state index in [2.05, 4.69) is 27.5 Å². The number of nitrogens with one attached hydrogen (secondary N) is 3. The Morgan fingerprint density at radius 2 is 2.10 bits per heavy atom. The standard InChI is InChI=1S/C22H24FN3O4/c1-4-24-21(12(2)27)18(28)8-5-13-15(23)6-7-16-20(13)14(22(29)26-16)11-17-19(30-3)9-10-25-17/h6-7,9-12,18,21,24-25,27-28H,4H2,1-3H3,(H,26,29)/t12-,18-,21+/m1/s1. The first-order chi connectivity index (χ1) is 14.4. The fraction of sp³-hybridized carbons (Fsp3) is 0.318. The summed E-state index contributed by atoms with van der Waals surface area (Å²) < 4.78 is 19.9. The molecule has 1 aliphatic rings. The van der Waals surface area contributed by atoms with Gasteiger partial charge in [-0.25, -0.2) is 4.39 Å². The molecule has 1 aromatic carbocycles. The van der Waals surface area contributed by atoms with Gasteiger partial charge in [0.15, 0.2) is 0 Å². The van der Waals surface area contributed by atoms with Gasteiger partial charge in [-0.3, -0.25) is 4.79 Å². The van der Waals surface area contributed by atoms with Crippen molar-refractivity contribution in [3.05, 3.63) is 47.0 Å². The molecule has 0 spiro atoms. The number of halogens is 1. The topological polar surface area (TPSA) is 107 Å². The minimum Gasteiger partial charge on any atom is -0.495 e. The van der Waals surface area contributed by atoms with E-state index < -0.39 is 30.0 Å². The van der Waals surface area contributed by atoms with Gasteiger partial charge in [0.25, 0.3) is 5.91 Å². The maximum Gasteiger partial charge on any atom is 0.256 e. The molecule has 3 atom stereocenters. The summed E-state index contributed by atoms with van der Waals surface area (Å²) in [6.45, 7) is 3.89. The summed E-state index contributed by atoms with van der Waals surface area (Å²) in [4.78, 5) is 15.5. The van der Waals surface area contributed by atoms with Gasteiger partial charge in [0.05, 0.1) is 41.8 Å². The average molecular weight is 413 g/mol. The maximum absolute atomic E-state index is 14.7. The molecule has 0 fully saturated rings. The van der Waals surface area contributed by atoms with Crippen LogP contribution in [0.25, 0.3) is 11.6 Å². The molecule has 1 aromatic heterocycles. The third-order valence-corrected chi connectivity index (χ3v) is 4.81. The number of H-pyrrole nitrogens is 1. The molecule has 1 aliphatic heterocycles. The molecule has 8 heteroatoms. The Bertz CT molecular complexity index is 1030. The molecule has 7 nitrogen and oxygen atoms in total. The average Bonchev–Trinajstić information content (AvgIpc) is 3.29. The number of hydrogen-bond acceptors (Lipinski definition) is 5. The first-order valence-corrected chi connectivity index (χ1v) is 9.55. The lowest BCUT2D eigenvalue weighted by molar-refractivity contribution is -0.110. The molecule has 0 bridgehead atoms. The molecule has 2 aromatic rings. The molecule has 0 saturated carbocycles. The van der Waals surface area contributed by atoms with Gasteiger partial charge in [0.1, 0.15) is 17.7 Å². The van der Waals surface area contributed by atoms with Crippen LogP contribution < -0.4 is 15.4 Å². The van der Waals surface area contributed by atoms with Crippen LogP contribution in [-0.4, -0.2) is 53.0 Å². The number of aliphatic hydroxyl groups is 2. The van der Waals surface area contributed by atoms with Crippen LogP contribution in [-0.2, 0) is 4.79 Å². The molecule has 0 radical (unpaired) electrons. The SMILES string of the molecule is CCN[C@H]([C@H](O)C#Cc1c(F)ccc2c1C(=Cc1[nH]ccc1OC)C(=O)N2)[C@@H](C)O. The number of benzene rings is 1. The van der Waals surface area contributed by atoms with Crippen molar-refractivity contribution in [2.24, 2.45) is 0 Å². The number of ether oxygens (including phenoxy) is 1. The lowest BCUT2D eigenvalue weighted by Gasteiger charge is -2.22. The molecule has 0 unspecified atom stereocenters. The van der Waals surface area contributed by atoms with Crippen molar-refractivity contribution < 1.29 is 24.1 Å². The normalized spacial score (nSPS) is 17.0. The predicted octanol–water partition coefficient (Wildman–Crippen LogP) is 1.73. The Labute approximate surface area is 174 Å². The smallest absolute Gasteiger partial charge is 0.256 e. The quantitative estimate of drug-likeness (QED) is 0.366. The van der Waals surface area contributed by atoms with E-state index in [1.54, 1.807) is 18.3 Å². The molecule has 1 amide bonds. The Balaban J connectivity index is 2.06. The second-order valence-corrected chi connectivity index (χ2v) is 6.86. The van der Waals surface area contributed by atoms with Crippen molar-refractivity contribution in [2.75, 3.05) is 19.0 Å². The van der Waals surface area contributed by atoms with Crippen molar-refractivity contribution in [1.82, 2.24) is 10.3 Å². The third-order valence-electron chi connectivity index (χ3n) is 4.81. The fourth-order valence-electron chi connectivity index (χ4n) is 3.35. The zero-order valence-corrected chi connectivity index (χ0v) is 16.9. The summed E-state index contributed by atoms with van der Waals surface area (Å²) in [5.74, 6) is 4.78. The highest BCUT2D eigenvalue weighted by Crippen LogP contribution is 2.37. The number of hydrogen-bond donors (Lipinski definition) is 5. The molecular weight excluding hydrogens is 389 g/mol. The van der Waals surface area contributed by atoms with Gasteiger partial charge in [0, 0.05) is 11.8 Å². The van der Waals surface area contributed by atoms with E-state index in [1.165, 1.54) is 26.2 Å². The van der Waals surface area contributed by atoms with Crippen LogP contribution in [0.4, 0.5) is 10.1 Å². The van der Waals surface area contributed by atoms with E-state index in [-0.39, 0.29) is 11.1 Å². The summed E-state index contributed by atoms with van der Waals surface area (Å²) in [5, 5.41) is 25.9. The monoisotopic (exact) mass is 413 g/mol. The lowest BCUT2D eigenvalue weighted by atomic mass is 9.98. The van der Waals surface area contributed by atoms with Crippen LogP contribution in [0, 0.1) is 17.7 Å². The summed E-state index contributed by atoms with van der Waals surface area (Å²) in [6.07, 6.45) is 1.14. The molecule has 5 N–H and O–H groups in total. The predicted molar refractivity (Wildman–Crippen MR) is 112 cm³/mol. The van der Waals surface area contributed by atoms with Gasteiger partial charge >= 0.3 is 0 Å². The number of aliphatic hydroxyl groups excluding tert-OH is 2. The van der Waals surface area contributed by atoms with Crippen molar-refractivity contribution >= 4 is 23.2 Å². The van der Waals surface area contributed by atoms with E-state index >= 15 is 0 Å². The summed E-state index contributed by atoms with van der Waals surface area (Å²) >= 11 is 0. The Morgan fingerprint density at radius 3 is 2.77 bits per heavy atom. The van der Waals surface area contributed by atoms with Gasteiger partial charge in [0.2, 0.25) is 0 Å². The van der Waals surface area contributed by atoms with Gasteiger partial charge in [-0.1, -0.05) is 18.8 Å². The summed E-state index contributed by atoms with van der Waals surface area (Å²) in [5.41, 5.74) is 1.51. The Morgan fingerprint density at radius 1 is 1.33 bits per heavy atom. The van der Waals surface area contributed by atoms with Gasteiger partial charge in [-0.2, -0.15) is 0 Å². The van der Waals surface area contributed by atoms with Gasteiger partial charge < -0.3 is 30.6 Å². The highest BCUT2D eigenvalue weighted by atomic mass is 19.1. The molecule has 0 saturated heterocycles. The highest BCUT2D eigenvalue weighted by Gasteiger charge is 2.29. The molecule has 2 heterocycles. The van der Waals surface area contributed by atoms with Crippen molar-refractivity contribution in [3.8, 4) is 17.6 Å². The van der Waals surface area contributed by atoms with Crippen LogP contribution in [0.5, 0.6) is 5.75 Å². The van der Waals surface area contributed by atoms with Crippen LogP contribution in [0.2, 0.25) is 0 Å². The van der Waals surface area contributed by atoms with Gasteiger partial charge in [-0.05, 0) is 37.7 Å².